The van der Waals surface area contributed by atoms with E-state index in [-0.39, 0.29) is 6.61 Å². The number of aryl methyl sites for hydroxylation is 1. The normalized spacial score (nSPS) is 11.6. The third kappa shape index (κ3) is 5.19. The predicted molar refractivity (Wildman–Crippen MR) is 116 cm³/mol. The first-order valence-corrected chi connectivity index (χ1v) is 10.6. The highest BCUT2D eigenvalue weighted by Crippen LogP contribution is 2.37. The zero-order valence-corrected chi connectivity index (χ0v) is 18.1. The second-order valence-corrected chi connectivity index (χ2v) is 8.36. The molecule has 0 aliphatic rings. The molecule has 1 heterocycles. The van der Waals surface area contributed by atoms with Gasteiger partial charge in [0.25, 0.3) is 0 Å². The Kier molecular flexibility index (Phi) is 8.04. The van der Waals surface area contributed by atoms with Crippen molar-refractivity contribution in [1.29, 1.82) is 0 Å². The summed E-state index contributed by atoms with van der Waals surface area (Å²) in [7, 11) is 0. The molecule has 0 bridgehead atoms. The van der Waals surface area contributed by atoms with Gasteiger partial charge < -0.3 is 5.11 Å². The first-order valence-electron chi connectivity index (χ1n) is 10.6. The van der Waals surface area contributed by atoms with Gasteiger partial charge in [-0.15, -0.1) is 0 Å². The molecule has 1 N–H and O–H groups in total. The van der Waals surface area contributed by atoms with E-state index >= 15 is 0 Å². The van der Waals surface area contributed by atoms with Gasteiger partial charge >= 0.3 is 0 Å². The first kappa shape index (κ1) is 21.6. The zero-order valence-electron chi connectivity index (χ0n) is 18.1. The summed E-state index contributed by atoms with van der Waals surface area (Å²) in [5, 5.41) is 10.3. The van der Waals surface area contributed by atoms with Gasteiger partial charge in [-0.3, -0.25) is 4.98 Å². The summed E-state index contributed by atoms with van der Waals surface area (Å²) >= 11 is 0. The number of nitrogens with zero attached hydrogens (tertiary/aromatic N) is 1. The maximum absolute atomic E-state index is 10.3. The highest BCUT2D eigenvalue weighted by Gasteiger charge is 2.23. The van der Waals surface area contributed by atoms with E-state index in [9.17, 15) is 5.11 Å². The maximum atomic E-state index is 10.3. The Hall–Kier alpha value is -1.67. The highest BCUT2D eigenvalue weighted by atomic mass is 16.3. The number of benzene rings is 1. The van der Waals surface area contributed by atoms with Gasteiger partial charge in [-0.05, 0) is 48.3 Å². The summed E-state index contributed by atoms with van der Waals surface area (Å²) < 4.78 is 0. The van der Waals surface area contributed by atoms with Gasteiger partial charge in [0.2, 0.25) is 0 Å². The molecular weight excluding hydrogens is 330 g/mol. The minimum Gasteiger partial charge on any atom is -0.392 e. The average molecular weight is 368 g/mol. The minimum atomic E-state index is 0.0457. The van der Waals surface area contributed by atoms with Gasteiger partial charge in [-0.25, -0.2) is 0 Å². The number of aliphatic hydroxyl groups excluding tert-OH is 1. The molecule has 0 radical (unpaired) electrons. The van der Waals surface area contributed by atoms with Crippen LogP contribution in [0.1, 0.15) is 100 Å². The van der Waals surface area contributed by atoms with Crippen LogP contribution in [0.15, 0.2) is 24.3 Å². The second kappa shape index (κ2) is 10.0. The topological polar surface area (TPSA) is 33.1 Å². The third-order valence-corrected chi connectivity index (χ3v) is 5.34. The van der Waals surface area contributed by atoms with Crippen LogP contribution in [0.5, 0.6) is 0 Å². The fourth-order valence-electron chi connectivity index (χ4n) is 3.87. The largest absolute Gasteiger partial charge is 0.392 e. The lowest BCUT2D eigenvalue weighted by atomic mass is 9.85. The Morgan fingerprint density at radius 1 is 0.852 bits per heavy atom. The van der Waals surface area contributed by atoms with Crippen LogP contribution in [-0.2, 0) is 13.0 Å². The summed E-state index contributed by atoms with van der Waals surface area (Å²) in [6.45, 7) is 13.2. The van der Waals surface area contributed by atoms with E-state index in [4.69, 9.17) is 4.98 Å². The molecule has 0 aliphatic carbocycles. The van der Waals surface area contributed by atoms with E-state index in [0.29, 0.717) is 11.8 Å². The van der Waals surface area contributed by atoms with Crippen molar-refractivity contribution in [3.8, 4) is 11.1 Å². The Morgan fingerprint density at radius 3 is 1.96 bits per heavy atom. The number of hydrogen-bond acceptors (Lipinski definition) is 2. The average Bonchev–Trinajstić information content (AvgIpc) is 2.64. The standard InChI is InChI=1S/C25H37NO/c1-7-8-9-10-11-21-23(20-14-12-19(6)13-15-20)22(16-27)25(18(4)5)26-24(21)17(2)3/h12-15,17-18,27H,7-11,16H2,1-6H3. The Bertz CT molecular complexity index is 729. The van der Waals surface area contributed by atoms with Crippen LogP contribution in [0.4, 0.5) is 0 Å². The molecule has 0 saturated heterocycles. The van der Waals surface area contributed by atoms with Crippen LogP contribution in [0.2, 0.25) is 0 Å². The van der Waals surface area contributed by atoms with Gasteiger partial charge in [-0.2, -0.15) is 0 Å². The van der Waals surface area contributed by atoms with Crippen LogP contribution in [0, 0.1) is 6.92 Å². The lowest BCUT2D eigenvalue weighted by Crippen LogP contribution is -2.12. The molecule has 0 aliphatic heterocycles. The molecule has 0 atom stereocenters. The van der Waals surface area contributed by atoms with Crippen molar-refractivity contribution >= 4 is 0 Å². The van der Waals surface area contributed by atoms with Crippen molar-refractivity contribution in [1.82, 2.24) is 4.98 Å². The molecule has 0 unspecified atom stereocenters. The summed E-state index contributed by atoms with van der Waals surface area (Å²) in [6, 6.07) is 8.74. The molecule has 2 nitrogen and oxygen atoms in total. The molecule has 0 saturated carbocycles. The van der Waals surface area contributed by atoms with Crippen LogP contribution in [-0.4, -0.2) is 10.1 Å². The van der Waals surface area contributed by atoms with Crippen LogP contribution < -0.4 is 0 Å². The fraction of sp³-hybridized carbons (Fsp3) is 0.560. The summed E-state index contributed by atoms with van der Waals surface area (Å²) in [4.78, 5) is 5.09. The number of hydrogen-bond donors (Lipinski definition) is 1. The van der Waals surface area contributed by atoms with Crippen molar-refractivity contribution in [2.24, 2.45) is 0 Å². The smallest absolute Gasteiger partial charge is 0.0705 e. The van der Waals surface area contributed by atoms with Gasteiger partial charge in [-0.1, -0.05) is 83.7 Å². The van der Waals surface area contributed by atoms with E-state index in [1.165, 1.54) is 53.6 Å². The molecule has 0 amide bonds. The van der Waals surface area contributed by atoms with E-state index in [0.717, 1.165) is 17.7 Å². The van der Waals surface area contributed by atoms with Crippen molar-refractivity contribution in [2.45, 2.75) is 92.1 Å². The second-order valence-electron chi connectivity index (χ2n) is 8.36. The highest BCUT2D eigenvalue weighted by molar-refractivity contribution is 5.73. The maximum Gasteiger partial charge on any atom is 0.0705 e. The van der Waals surface area contributed by atoms with E-state index in [1.807, 2.05) is 0 Å². The molecule has 27 heavy (non-hydrogen) atoms. The number of rotatable bonds is 9. The molecule has 2 aromatic rings. The Morgan fingerprint density at radius 2 is 1.44 bits per heavy atom. The molecule has 148 valence electrons. The third-order valence-electron chi connectivity index (χ3n) is 5.34. The van der Waals surface area contributed by atoms with Gasteiger partial charge in [0.1, 0.15) is 0 Å². The molecule has 1 aromatic heterocycles. The van der Waals surface area contributed by atoms with Gasteiger partial charge in [0.15, 0.2) is 0 Å². The van der Waals surface area contributed by atoms with Crippen molar-refractivity contribution in [3.05, 3.63) is 52.3 Å². The van der Waals surface area contributed by atoms with E-state index < -0.39 is 0 Å². The molecular formula is C25H37NO. The lowest BCUT2D eigenvalue weighted by Gasteiger charge is -2.24. The minimum absolute atomic E-state index is 0.0457. The molecule has 0 spiro atoms. The Labute approximate surface area is 166 Å². The van der Waals surface area contributed by atoms with Gasteiger partial charge in [0.05, 0.1) is 6.61 Å². The summed E-state index contributed by atoms with van der Waals surface area (Å²) in [6.07, 6.45) is 5.99. The van der Waals surface area contributed by atoms with Gasteiger partial charge in [0, 0.05) is 17.0 Å². The number of unbranched alkanes of at least 4 members (excludes halogenated alkanes) is 3. The molecule has 1 aromatic carbocycles. The van der Waals surface area contributed by atoms with Crippen molar-refractivity contribution in [3.63, 3.8) is 0 Å². The molecule has 2 heteroatoms. The first-order chi connectivity index (χ1) is 12.9. The van der Waals surface area contributed by atoms with Crippen molar-refractivity contribution in [2.75, 3.05) is 0 Å². The zero-order chi connectivity index (χ0) is 20.0. The SMILES string of the molecule is CCCCCCc1c(C(C)C)nc(C(C)C)c(CO)c1-c1ccc(C)cc1. The quantitative estimate of drug-likeness (QED) is 0.488. The number of pyridine rings is 1. The number of aromatic nitrogens is 1. The van der Waals surface area contributed by atoms with Crippen molar-refractivity contribution < 1.29 is 5.11 Å². The Balaban J connectivity index is 2.70. The van der Waals surface area contributed by atoms with E-state index in [1.54, 1.807) is 0 Å². The summed E-state index contributed by atoms with van der Waals surface area (Å²) in [5.74, 6) is 0.670. The van der Waals surface area contributed by atoms with Crippen LogP contribution in [0.3, 0.4) is 0 Å². The summed E-state index contributed by atoms with van der Waals surface area (Å²) in [5.41, 5.74) is 8.33. The number of aliphatic hydroxyl groups is 1. The van der Waals surface area contributed by atoms with E-state index in [2.05, 4.69) is 65.8 Å². The predicted octanol–water partition coefficient (Wildman–Crippen LogP) is 6.92. The monoisotopic (exact) mass is 367 g/mol. The van der Waals surface area contributed by atoms with Crippen LogP contribution >= 0.6 is 0 Å². The molecule has 0 fully saturated rings. The molecule has 2 rings (SSSR count). The fourth-order valence-corrected chi connectivity index (χ4v) is 3.87. The lowest BCUT2D eigenvalue weighted by molar-refractivity contribution is 0.279. The van der Waals surface area contributed by atoms with Crippen LogP contribution in [0.25, 0.3) is 11.1 Å².